The zero-order chi connectivity index (χ0) is 15.4. The highest BCUT2D eigenvalue weighted by Crippen LogP contribution is 2.32. The molecule has 1 fully saturated rings. The van der Waals surface area contributed by atoms with Crippen LogP contribution in [0.5, 0.6) is 0 Å². The van der Waals surface area contributed by atoms with Crippen LogP contribution in [0.1, 0.15) is 12.0 Å². The van der Waals surface area contributed by atoms with Crippen molar-refractivity contribution in [3.8, 4) is 0 Å². The van der Waals surface area contributed by atoms with E-state index in [1.807, 2.05) is 24.3 Å². The first-order chi connectivity index (χ1) is 10.0. The Labute approximate surface area is 140 Å². The van der Waals surface area contributed by atoms with Crippen LogP contribution in [0.4, 0.5) is 0 Å². The Morgan fingerprint density at radius 1 is 1.52 bits per heavy atom. The summed E-state index contributed by atoms with van der Waals surface area (Å²) < 4.78 is 5.97. The van der Waals surface area contributed by atoms with E-state index >= 15 is 0 Å². The average Bonchev–Trinajstić information content (AvgIpc) is 2.71. The predicted octanol–water partition coefficient (Wildman–Crippen LogP) is 3.21. The van der Waals surface area contributed by atoms with Crippen LogP contribution >= 0.6 is 39.9 Å². The molecule has 0 radical (unpaired) electrons. The van der Waals surface area contributed by atoms with E-state index in [9.17, 15) is 9.59 Å². The molecule has 1 saturated heterocycles. The predicted molar refractivity (Wildman–Crippen MR) is 90.7 cm³/mol. The van der Waals surface area contributed by atoms with Gasteiger partial charge in [0.25, 0.3) is 5.91 Å². The first kappa shape index (κ1) is 16.2. The molecule has 1 aromatic carbocycles. The summed E-state index contributed by atoms with van der Waals surface area (Å²) in [5, 5.41) is 0. The van der Waals surface area contributed by atoms with Crippen molar-refractivity contribution in [1.82, 2.24) is 4.90 Å². The summed E-state index contributed by atoms with van der Waals surface area (Å²) in [7, 11) is 1.32. The van der Waals surface area contributed by atoms with Crippen LogP contribution in [-0.4, -0.2) is 34.8 Å². The van der Waals surface area contributed by atoms with Gasteiger partial charge in [0.2, 0.25) is 0 Å². The lowest BCUT2D eigenvalue weighted by atomic mass is 10.2. The maximum atomic E-state index is 12.3. The molecule has 110 valence electrons. The van der Waals surface area contributed by atoms with Crippen molar-refractivity contribution in [1.29, 1.82) is 0 Å². The van der Waals surface area contributed by atoms with Crippen LogP contribution in [0.25, 0.3) is 6.08 Å². The first-order valence-electron chi connectivity index (χ1n) is 6.09. The van der Waals surface area contributed by atoms with Gasteiger partial charge in [-0.3, -0.25) is 14.5 Å². The third-order valence-corrected chi connectivity index (χ3v) is 4.66. The van der Waals surface area contributed by atoms with Gasteiger partial charge in [0.05, 0.1) is 18.4 Å². The van der Waals surface area contributed by atoms with E-state index in [1.165, 1.54) is 23.8 Å². The minimum atomic E-state index is -0.361. The highest BCUT2D eigenvalue weighted by molar-refractivity contribution is 9.10. The molecular weight excluding hydrogens is 374 g/mol. The fourth-order valence-electron chi connectivity index (χ4n) is 1.75. The van der Waals surface area contributed by atoms with Crippen LogP contribution in [0.3, 0.4) is 0 Å². The fraction of sp³-hybridized carbons (Fsp3) is 0.214. The number of thioether (sulfide) groups is 1. The molecule has 1 aliphatic heterocycles. The van der Waals surface area contributed by atoms with Gasteiger partial charge in [0.1, 0.15) is 4.32 Å². The van der Waals surface area contributed by atoms with E-state index in [4.69, 9.17) is 12.2 Å². The number of hydrogen-bond acceptors (Lipinski definition) is 5. The lowest BCUT2D eigenvalue weighted by Crippen LogP contribution is -2.30. The molecule has 1 aromatic rings. The smallest absolute Gasteiger partial charge is 0.307 e. The van der Waals surface area contributed by atoms with E-state index < -0.39 is 0 Å². The number of methoxy groups -OCH3 is 1. The van der Waals surface area contributed by atoms with Crippen LogP contribution in [-0.2, 0) is 14.3 Å². The Balaban J connectivity index is 2.12. The van der Waals surface area contributed by atoms with E-state index in [0.717, 1.165) is 10.0 Å². The Hall–Kier alpha value is -1.18. The largest absolute Gasteiger partial charge is 0.469 e. The number of halogens is 1. The summed E-state index contributed by atoms with van der Waals surface area (Å²) in [6.45, 7) is 0.243. The van der Waals surface area contributed by atoms with Crippen molar-refractivity contribution in [3.05, 3.63) is 39.2 Å². The number of nitrogens with zero attached hydrogens (tertiary/aromatic N) is 1. The molecule has 0 aliphatic carbocycles. The normalized spacial score (nSPS) is 16.7. The summed E-state index contributed by atoms with van der Waals surface area (Å²) in [4.78, 5) is 25.4. The maximum absolute atomic E-state index is 12.3. The van der Waals surface area contributed by atoms with Gasteiger partial charge in [-0.15, -0.1) is 0 Å². The van der Waals surface area contributed by atoms with Gasteiger partial charge in [-0.25, -0.2) is 0 Å². The first-order valence-corrected chi connectivity index (χ1v) is 8.11. The molecule has 0 unspecified atom stereocenters. The van der Waals surface area contributed by atoms with E-state index in [2.05, 4.69) is 20.7 Å². The van der Waals surface area contributed by atoms with Crippen LogP contribution in [0, 0.1) is 0 Å². The Bertz CT molecular complexity index is 630. The molecule has 0 spiro atoms. The molecule has 0 atom stereocenters. The summed E-state index contributed by atoms with van der Waals surface area (Å²) >= 11 is 9.82. The number of benzene rings is 1. The summed E-state index contributed by atoms with van der Waals surface area (Å²) in [6, 6.07) is 7.64. The molecule has 0 N–H and O–H groups in total. The van der Waals surface area contributed by atoms with Gasteiger partial charge in [-0.05, 0) is 23.8 Å². The number of thiocarbonyl (C=S) groups is 1. The minimum Gasteiger partial charge on any atom is -0.469 e. The van der Waals surface area contributed by atoms with Gasteiger partial charge < -0.3 is 4.74 Å². The van der Waals surface area contributed by atoms with Gasteiger partial charge in [0, 0.05) is 11.0 Å². The second-order valence-corrected chi connectivity index (χ2v) is 6.81. The fourth-order valence-corrected chi connectivity index (χ4v) is 3.47. The molecule has 4 nitrogen and oxygen atoms in total. The monoisotopic (exact) mass is 385 g/mol. The lowest BCUT2D eigenvalue weighted by Gasteiger charge is -2.12. The summed E-state index contributed by atoms with van der Waals surface area (Å²) in [5.41, 5.74) is 0.915. The Morgan fingerprint density at radius 3 is 2.95 bits per heavy atom. The number of rotatable bonds is 4. The van der Waals surface area contributed by atoms with Gasteiger partial charge in [-0.1, -0.05) is 52.0 Å². The highest BCUT2D eigenvalue weighted by Gasteiger charge is 2.32. The molecule has 1 aliphatic rings. The third-order valence-electron chi connectivity index (χ3n) is 2.79. The van der Waals surface area contributed by atoms with Crippen molar-refractivity contribution in [3.63, 3.8) is 0 Å². The number of amides is 1. The number of ether oxygens (including phenoxy) is 1. The quantitative estimate of drug-likeness (QED) is 0.452. The second kappa shape index (κ2) is 7.20. The van der Waals surface area contributed by atoms with Gasteiger partial charge >= 0.3 is 5.97 Å². The minimum absolute atomic E-state index is 0.132. The third kappa shape index (κ3) is 4.15. The maximum Gasteiger partial charge on any atom is 0.307 e. The number of hydrogen-bond donors (Lipinski definition) is 0. The topological polar surface area (TPSA) is 46.6 Å². The van der Waals surface area contributed by atoms with Gasteiger partial charge in [-0.2, -0.15) is 0 Å². The van der Waals surface area contributed by atoms with Crippen LogP contribution < -0.4 is 0 Å². The Morgan fingerprint density at radius 2 is 2.29 bits per heavy atom. The molecule has 0 saturated carbocycles. The van der Waals surface area contributed by atoms with Crippen molar-refractivity contribution in [2.75, 3.05) is 13.7 Å². The standard InChI is InChI=1S/C14H12BrNO3S2/c1-19-12(17)5-6-16-13(18)11(21-14(16)20)8-9-3-2-4-10(15)7-9/h2-4,7-8H,5-6H2,1H3/b11-8-. The molecular formula is C14H12BrNO3S2. The molecule has 21 heavy (non-hydrogen) atoms. The van der Waals surface area contributed by atoms with E-state index in [0.29, 0.717) is 9.23 Å². The number of esters is 1. The molecule has 2 rings (SSSR count). The number of carbonyl (C=O) groups is 2. The zero-order valence-corrected chi connectivity index (χ0v) is 14.4. The molecule has 7 heteroatoms. The summed E-state index contributed by atoms with van der Waals surface area (Å²) in [5.74, 6) is -0.533. The summed E-state index contributed by atoms with van der Waals surface area (Å²) in [6.07, 6.45) is 1.93. The Kier molecular flexibility index (Phi) is 5.55. The van der Waals surface area contributed by atoms with Crippen LogP contribution in [0.15, 0.2) is 33.6 Å². The number of carbonyl (C=O) groups excluding carboxylic acids is 2. The van der Waals surface area contributed by atoms with E-state index in [-0.39, 0.29) is 24.8 Å². The van der Waals surface area contributed by atoms with Crippen molar-refractivity contribution in [2.24, 2.45) is 0 Å². The lowest BCUT2D eigenvalue weighted by molar-refractivity contribution is -0.140. The van der Waals surface area contributed by atoms with E-state index in [1.54, 1.807) is 6.08 Å². The molecule has 1 heterocycles. The van der Waals surface area contributed by atoms with Crippen LogP contribution in [0.2, 0.25) is 0 Å². The second-order valence-electron chi connectivity index (χ2n) is 4.21. The van der Waals surface area contributed by atoms with Crippen molar-refractivity contribution < 1.29 is 14.3 Å². The molecule has 0 aromatic heterocycles. The van der Waals surface area contributed by atoms with Crippen molar-refractivity contribution in [2.45, 2.75) is 6.42 Å². The van der Waals surface area contributed by atoms with Crippen molar-refractivity contribution >= 4 is 62.2 Å². The SMILES string of the molecule is COC(=O)CCN1C(=O)/C(=C/c2cccc(Br)c2)SC1=S. The average molecular weight is 386 g/mol. The molecule has 0 bridgehead atoms. The van der Waals surface area contributed by atoms with Gasteiger partial charge in [0.15, 0.2) is 0 Å². The zero-order valence-electron chi connectivity index (χ0n) is 11.2. The molecule has 1 amide bonds. The highest BCUT2D eigenvalue weighted by atomic mass is 79.9.